The fourth-order valence-electron chi connectivity index (χ4n) is 4.31. The van der Waals surface area contributed by atoms with Crippen molar-refractivity contribution in [1.82, 2.24) is 24.5 Å². The molecule has 35 heavy (non-hydrogen) atoms. The van der Waals surface area contributed by atoms with Crippen LogP contribution >= 0.6 is 0 Å². The molecule has 0 spiro atoms. The van der Waals surface area contributed by atoms with E-state index < -0.39 is 11.7 Å². The largest absolute Gasteiger partial charge is 0.416 e. The minimum atomic E-state index is -4.48. The van der Waals surface area contributed by atoms with Gasteiger partial charge in [-0.25, -0.2) is 4.68 Å². The highest BCUT2D eigenvalue weighted by Crippen LogP contribution is 2.34. The number of carbonyl (C=O) groups excluding carboxylic acids is 1. The Morgan fingerprint density at radius 3 is 2.54 bits per heavy atom. The fourth-order valence-corrected chi connectivity index (χ4v) is 4.31. The number of halogens is 3. The Morgan fingerprint density at radius 1 is 1.17 bits per heavy atom. The first-order valence-corrected chi connectivity index (χ1v) is 11.4. The monoisotopic (exact) mass is 487 g/mol. The minimum absolute atomic E-state index is 0.146. The Labute approximate surface area is 202 Å². The lowest BCUT2D eigenvalue weighted by atomic mass is 10.1. The van der Waals surface area contributed by atoms with Gasteiger partial charge in [0.1, 0.15) is 11.6 Å². The predicted octanol–water partition coefficient (Wildman–Crippen LogP) is 2.19. The molecule has 3 heterocycles. The van der Waals surface area contributed by atoms with Crippen LogP contribution in [0.1, 0.15) is 16.7 Å². The smallest absolute Gasteiger partial charge is 0.308 e. The standard InChI is InChI=1S/C24H28F3N7O/c1-30(2)8-9-31-10-12-32(13-11-31)17-22(35)33-7-6-21(34-23(33)19(15-28)16-29-34)18-4-3-5-20(14-18)24(25,26)27/h3-6,14,16H,7-13,17H2,1-2H3. The molecule has 0 unspecified atom stereocenters. The van der Waals surface area contributed by atoms with Crippen LogP contribution in [0.2, 0.25) is 0 Å². The van der Waals surface area contributed by atoms with Gasteiger partial charge in [-0.3, -0.25) is 19.5 Å². The summed E-state index contributed by atoms with van der Waals surface area (Å²) in [4.78, 5) is 21.3. The second-order valence-corrected chi connectivity index (χ2v) is 9.00. The molecule has 1 saturated heterocycles. The third-order valence-electron chi connectivity index (χ3n) is 6.29. The molecule has 2 aliphatic heterocycles. The van der Waals surface area contributed by atoms with E-state index in [-0.39, 0.29) is 30.4 Å². The van der Waals surface area contributed by atoms with Crippen LogP contribution in [0.4, 0.5) is 19.0 Å². The normalized spacial score (nSPS) is 17.3. The van der Waals surface area contributed by atoms with E-state index in [0.29, 0.717) is 11.3 Å². The van der Waals surface area contributed by atoms with Gasteiger partial charge in [0.15, 0.2) is 5.82 Å². The molecule has 4 rings (SSSR count). The van der Waals surface area contributed by atoms with E-state index in [9.17, 15) is 23.2 Å². The van der Waals surface area contributed by atoms with Crippen molar-refractivity contribution in [2.45, 2.75) is 6.18 Å². The number of anilines is 1. The average Bonchev–Trinajstić information content (AvgIpc) is 3.27. The van der Waals surface area contributed by atoms with Crippen LogP contribution in [0.25, 0.3) is 5.70 Å². The molecule has 2 aromatic rings. The Balaban J connectivity index is 1.50. The van der Waals surface area contributed by atoms with Gasteiger partial charge in [0.2, 0.25) is 5.91 Å². The van der Waals surface area contributed by atoms with Gasteiger partial charge in [-0.15, -0.1) is 0 Å². The highest BCUT2D eigenvalue weighted by molar-refractivity contribution is 5.97. The van der Waals surface area contributed by atoms with Crippen LogP contribution in [0.5, 0.6) is 0 Å². The number of hydrogen-bond donors (Lipinski definition) is 0. The topological polar surface area (TPSA) is 71.6 Å². The molecule has 1 amide bonds. The average molecular weight is 488 g/mol. The second kappa shape index (κ2) is 10.2. The number of fused-ring (bicyclic) bond motifs is 1. The van der Waals surface area contributed by atoms with Crippen LogP contribution in [-0.4, -0.2) is 96.8 Å². The quantitative estimate of drug-likeness (QED) is 0.622. The van der Waals surface area contributed by atoms with E-state index >= 15 is 0 Å². The van der Waals surface area contributed by atoms with Crippen molar-refractivity contribution in [3.63, 3.8) is 0 Å². The number of piperazine rings is 1. The third kappa shape index (κ3) is 5.56. The highest BCUT2D eigenvalue weighted by Gasteiger charge is 2.33. The van der Waals surface area contributed by atoms with Gasteiger partial charge < -0.3 is 4.90 Å². The van der Waals surface area contributed by atoms with Gasteiger partial charge >= 0.3 is 6.18 Å². The SMILES string of the molecule is CN(C)CCN1CCN(CC(=O)N2CC=C(c3cccc(C(F)(F)F)c3)n3ncc(C#N)c32)CC1. The lowest BCUT2D eigenvalue weighted by Crippen LogP contribution is -2.51. The number of amides is 1. The molecule has 0 atom stereocenters. The van der Waals surface area contributed by atoms with E-state index in [2.05, 4.69) is 25.9 Å². The van der Waals surface area contributed by atoms with Crippen molar-refractivity contribution >= 4 is 17.4 Å². The van der Waals surface area contributed by atoms with E-state index in [4.69, 9.17) is 0 Å². The molecular formula is C24H28F3N7O. The second-order valence-electron chi connectivity index (χ2n) is 9.00. The summed E-state index contributed by atoms with van der Waals surface area (Å²) in [6.07, 6.45) is -1.46. The Hall–Kier alpha value is -3.20. The fraction of sp³-hybridized carbons (Fsp3) is 0.458. The van der Waals surface area contributed by atoms with Gasteiger partial charge in [0, 0.05) is 51.4 Å². The summed E-state index contributed by atoms with van der Waals surface area (Å²) in [6, 6.07) is 7.01. The maximum Gasteiger partial charge on any atom is 0.416 e. The van der Waals surface area contributed by atoms with Crippen molar-refractivity contribution in [2.75, 3.05) is 71.4 Å². The maximum atomic E-state index is 13.3. The first kappa shape index (κ1) is 24.9. The number of alkyl halides is 3. The summed E-state index contributed by atoms with van der Waals surface area (Å²) in [6.45, 7) is 5.59. The zero-order valence-corrected chi connectivity index (χ0v) is 19.8. The molecular weight excluding hydrogens is 459 g/mol. The lowest BCUT2D eigenvalue weighted by molar-refractivity contribution is -0.137. The van der Waals surface area contributed by atoms with Crippen LogP contribution in [0.15, 0.2) is 36.5 Å². The van der Waals surface area contributed by atoms with Crippen molar-refractivity contribution in [2.24, 2.45) is 0 Å². The van der Waals surface area contributed by atoms with E-state index in [0.717, 1.165) is 51.4 Å². The van der Waals surface area contributed by atoms with E-state index in [1.807, 2.05) is 14.1 Å². The highest BCUT2D eigenvalue weighted by atomic mass is 19.4. The van der Waals surface area contributed by atoms with Crippen LogP contribution in [0.3, 0.4) is 0 Å². The number of rotatable bonds is 6. The first-order chi connectivity index (χ1) is 16.7. The van der Waals surface area contributed by atoms with Crippen molar-refractivity contribution in [3.8, 4) is 6.07 Å². The number of nitrogens with zero attached hydrogens (tertiary/aromatic N) is 7. The lowest BCUT2D eigenvalue weighted by Gasteiger charge is -2.36. The molecule has 0 aliphatic carbocycles. The molecule has 0 saturated carbocycles. The minimum Gasteiger partial charge on any atom is -0.308 e. The molecule has 186 valence electrons. The molecule has 0 N–H and O–H groups in total. The Morgan fingerprint density at radius 2 is 1.89 bits per heavy atom. The maximum absolute atomic E-state index is 13.3. The number of nitriles is 1. The van der Waals surface area contributed by atoms with Gasteiger partial charge in [-0.1, -0.05) is 12.1 Å². The molecule has 1 fully saturated rings. The predicted molar refractivity (Wildman–Crippen MR) is 126 cm³/mol. The molecule has 2 aliphatic rings. The summed E-state index contributed by atoms with van der Waals surface area (Å²) in [5, 5.41) is 13.8. The third-order valence-corrected chi connectivity index (χ3v) is 6.29. The first-order valence-electron chi connectivity index (χ1n) is 11.4. The van der Waals surface area contributed by atoms with Gasteiger partial charge in [0.25, 0.3) is 0 Å². The molecule has 0 radical (unpaired) electrons. The van der Waals surface area contributed by atoms with Crippen molar-refractivity contribution in [3.05, 3.63) is 53.2 Å². The van der Waals surface area contributed by atoms with Crippen LogP contribution in [-0.2, 0) is 11.0 Å². The van der Waals surface area contributed by atoms with Crippen molar-refractivity contribution < 1.29 is 18.0 Å². The zero-order valence-electron chi connectivity index (χ0n) is 19.8. The number of likely N-dealkylation sites (N-methyl/N-ethyl adjacent to an activating group) is 1. The van der Waals surface area contributed by atoms with E-state index in [1.165, 1.54) is 21.8 Å². The number of hydrogen-bond acceptors (Lipinski definition) is 6. The summed E-state index contributed by atoms with van der Waals surface area (Å²) in [5.74, 6) is 0.112. The summed E-state index contributed by atoms with van der Waals surface area (Å²) >= 11 is 0. The molecule has 0 bridgehead atoms. The molecule has 1 aromatic carbocycles. The molecule has 1 aromatic heterocycles. The number of aromatic nitrogens is 2. The number of benzene rings is 1. The number of carbonyl (C=O) groups is 1. The Bertz CT molecular complexity index is 1140. The summed E-state index contributed by atoms with van der Waals surface area (Å²) in [7, 11) is 4.08. The van der Waals surface area contributed by atoms with Gasteiger partial charge in [-0.2, -0.15) is 23.5 Å². The van der Waals surface area contributed by atoms with Gasteiger partial charge in [0.05, 0.1) is 24.0 Å². The van der Waals surface area contributed by atoms with E-state index in [1.54, 1.807) is 12.1 Å². The summed E-state index contributed by atoms with van der Waals surface area (Å²) < 4.78 is 41.1. The Kier molecular flexibility index (Phi) is 7.25. The molecule has 8 nitrogen and oxygen atoms in total. The van der Waals surface area contributed by atoms with Crippen molar-refractivity contribution in [1.29, 1.82) is 5.26 Å². The molecule has 11 heteroatoms. The van der Waals surface area contributed by atoms with Crippen LogP contribution in [0, 0.1) is 11.3 Å². The van der Waals surface area contributed by atoms with Gasteiger partial charge in [-0.05, 0) is 32.3 Å². The summed E-state index contributed by atoms with van der Waals surface area (Å²) in [5.41, 5.74) is 0.151. The van der Waals surface area contributed by atoms with Crippen LogP contribution < -0.4 is 4.90 Å². The zero-order chi connectivity index (χ0) is 25.2.